The maximum absolute atomic E-state index is 11.2. The number of hydrogen-bond acceptors (Lipinski definition) is 4. The highest BCUT2D eigenvalue weighted by atomic mass is 16.5. The topological polar surface area (TPSA) is 62.6 Å². The fourth-order valence-electron chi connectivity index (χ4n) is 1.42. The van der Waals surface area contributed by atoms with E-state index in [0.717, 1.165) is 5.56 Å². The molecule has 0 aliphatic heterocycles. The average molecular weight is 234 g/mol. The molecule has 0 heterocycles. The summed E-state index contributed by atoms with van der Waals surface area (Å²) in [4.78, 5) is 12.5. The van der Waals surface area contributed by atoms with Gasteiger partial charge in [0.1, 0.15) is 11.5 Å². The van der Waals surface area contributed by atoms with Crippen LogP contribution in [0.3, 0.4) is 0 Å². The predicted molar refractivity (Wildman–Crippen MR) is 61.6 cm³/mol. The normalized spacial score (nSPS) is 9.29. The molecule has 17 heavy (non-hydrogen) atoms. The second-order valence-corrected chi connectivity index (χ2v) is 3.45. The lowest BCUT2D eigenvalue weighted by molar-refractivity contribution is -0.124. The summed E-state index contributed by atoms with van der Waals surface area (Å²) >= 11 is 0. The Balaban J connectivity index is 2.95. The Bertz CT molecular complexity index is 452. The number of benzene rings is 1. The third kappa shape index (κ3) is 3.11. The van der Waals surface area contributed by atoms with Crippen LogP contribution < -0.4 is 9.47 Å². The molecule has 0 saturated carbocycles. The van der Waals surface area contributed by atoms with E-state index in [9.17, 15) is 4.79 Å². The lowest BCUT2D eigenvalue weighted by Crippen LogP contribution is -2.24. The van der Waals surface area contributed by atoms with Crippen molar-refractivity contribution in [3.63, 3.8) is 0 Å². The Morgan fingerprint density at radius 1 is 1.41 bits per heavy atom. The minimum atomic E-state index is -0.588. The van der Waals surface area contributed by atoms with Crippen molar-refractivity contribution in [2.75, 3.05) is 21.3 Å². The average Bonchev–Trinajstić information content (AvgIpc) is 2.37. The van der Waals surface area contributed by atoms with Gasteiger partial charge < -0.3 is 14.4 Å². The van der Waals surface area contributed by atoms with Crippen molar-refractivity contribution >= 4 is 5.91 Å². The number of amides is 1. The Hall–Kier alpha value is -2.22. The van der Waals surface area contributed by atoms with Crippen molar-refractivity contribution < 1.29 is 14.3 Å². The largest absolute Gasteiger partial charge is 0.497 e. The SMILES string of the molecule is COc1ccc(OC)c(CN(C)C(=O)C#N)c1. The molecule has 0 saturated heterocycles. The molecule has 1 rings (SSSR count). The summed E-state index contributed by atoms with van der Waals surface area (Å²) in [5, 5.41) is 8.51. The van der Waals surface area contributed by atoms with Gasteiger partial charge in [0, 0.05) is 12.6 Å². The van der Waals surface area contributed by atoms with E-state index < -0.39 is 5.91 Å². The first-order chi connectivity index (χ1) is 8.12. The Labute approximate surface area is 100 Å². The molecule has 1 amide bonds. The highest BCUT2D eigenvalue weighted by molar-refractivity contribution is 5.90. The van der Waals surface area contributed by atoms with Crippen LogP contribution in [0.1, 0.15) is 5.56 Å². The molecule has 0 aliphatic carbocycles. The fourth-order valence-corrected chi connectivity index (χ4v) is 1.42. The van der Waals surface area contributed by atoms with E-state index in [1.807, 2.05) is 0 Å². The zero-order valence-electron chi connectivity index (χ0n) is 10.1. The summed E-state index contributed by atoms with van der Waals surface area (Å²) in [6, 6.07) is 6.88. The summed E-state index contributed by atoms with van der Waals surface area (Å²) in [5.41, 5.74) is 0.790. The summed E-state index contributed by atoms with van der Waals surface area (Å²) < 4.78 is 10.3. The van der Waals surface area contributed by atoms with Crippen LogP contribution in [0.4, 0.5) is 0 Å². The molecule has 0 atom stereocenters. The molecule has 1 aromatic carbocycles. The van der Waals surface area contributed by atoms with Crippen molar-refractivity contribution in [3.05, 3.63) is 23.8 Å². The molecule has 0 N–H and O–H groups in total. The molecule has 0 bridgehead atoms. The van der Waals surface area contributed by atoms with Gasteiger partial charge >= 0.3 is 5.91 Å². The maximum atomic E-state index is 11.2. The predicted octanol–water partition coefficient (Wildman–Crippen LogP) is 1.19. The Morgan fingerprint density at radius 2 is 2.12 bits per heavy atom. The Morgan fingerprint density at radius 3 is 2.65 bits per heavy atom. The first-order valence-corrected chi connectivity index (χ1v) is 4.98. The minimum Gasteiger partial charge on any atom is -0.497 e. The van der Waals surface area contributed by atoms with Crippen LogP contribution in [0.2, 0.25) is 0 Å². The van der Waals surface area contributed by atoms with E-state index in [1.54, 1.807) is 45.5 Å². The summed E-state index contributed by atoms with van der Waals surface area (Å²) in [5.74, 6) is 0.747. The van der Waals surface area contributed by atoms with Crippen LogP contribution in [0.5, 0.6) is 11.5 Å². The molecule has 1 aromatic rings. The minimum absolute atomic E-state index is 0.298. The van der Waals surface area contributed by atoms with Crippen molar-refractivity contribution in [2.24, 2.45) is 0 Å². The van der Waals surface area contributed by atoms with Crippen molar-refractivity contribution in [1.29, 1.82) is 5.26 Å². The molecule has 5 nitrogen and oxygen atoms in total. The van der Waals surface area contributed by atoms with E-state index in [1.165, 1.54) is 4.90 Å². The quantitative estimate of drug-likeness (QED) is 0.734. The molecule has 5 heteroatoms. The third-order valence-corrected chi connectivity index (χ3v) is 2.34. The first kappa shape index (κ1) is 12.8. The number of ether oxygens (including phenoxy) is 2. The van der Waals surface area contributed by atoms with Gasteiger partial charge in [0.2, 0.25) is 0 Å². The zero-order valence-corrected chi connectivity index (χ0v) is 10.1. The second-order valence-electron chi connectivity index (χ2n) is 3.45. The first-order valence-electron chi connectivity index (χ1n) is 4.98. The maximum Gasteiger partial charge on any atom is 0.325 e. The van der Waals surface area contributed by atoms with Crippen LogP contribution in [-0.4, -0.2) is 32.1 Å². The summed E-state index contributed by atoms with van der Waals surface area (Å²) in [7, 11) is 4.68. The van der Waals surface area contributed by atoms with Gasteiger partial charge in [0.15, 0.2) is 6.07 Å². The van der Waals surface area contributed by atoms with Crippen molar-refractivity contribution in [1.82, 2.24) is 4.90 Å². The summed E-state index contributed by atoms with van der Waals surface area (Å²) in [6.07, 6.45) is 0. The molecule has 0 spiro atoms. The number of nitriles is 1. The lowest BCUT2D eigenvalue weighted by atomic mass is 10.1. The van der Waals surface area contributed by atoms with E-state index in [-0.39, 0.29) is 0 Å². The van der Waals surface area contributed by atoms with Gasteiger partial charge in [-0.05, 0) is 18.2 Å². The van der Waals surface area contributed by atoms with Crippen LogP contribution in [0.25, 0.3) is 0 Å². The Kier molecular flexibility index (Phi) is 4.35. The highest BCUT2D eigenvalue weighted by Crippen LogP contribution is 2.24. The van der Waals surface area contributed by atoms with Crippen LogP contribution >= 0.6 is 0 Å². The van der Waals surface area contributed by atoms with Crippen LogP contribution in [0.15, 0.2) is 18.2 Å². The molecule has 0 radical (unpaired) electrons. The van der Waals surface area contributed by atoms with Gasteiger partial charge in [-0.1, -0.05) is 0 Å². The monoisotopic (exact) mass is 234 g/mol. The van der Waals surface area contributed by atoms with Gasteiger partial charge in [-0.25, -0.2) is 0 Å². The van der Waals surface area contributed by atoms with Gasteiger partial charge in [-0.15, -0.1) is 0 Å². The number of methoxy groups -OCH3 is 2. The molecule has 0 aliphatic rings. The number of carbonyl (C=O) groups excluding carboxylic acids is 1. The standard InChI is InChI=1S/C12H14N2O3/c1-14(12(15)7-13)8-9-6-10(16-2)4-5-11(9)17-3/h4-6H,8H2,1-3H3. The number of carbonyl (C=O) groups is 1. The molecular formula is C12H14N2O3. The van der Waals surface area contributed by atoms with Crippen LogP contribution in [-0.2, 0) is 11.3 Å². The second kappa shape index (κ2) is 5.75. The molecule has 0 aromatic heterocycles. The fraction of sp³-hybridized carbons (Fsp3) is 0.333. The number of rotatable bonds is 4. The van der Waals surface area contributed by atoms with Gasteiger partial charge in [-0.2, -0.15) is 5.26 Å². The van der Waals surface area contributed by atoms with Gasteiger partial charge in [0.05, 0.1) is 20.8 Å². The molecule has 0 unspecified atom stereocenters. The number of nitrogens with zero attached hydrogens (tertiary/aromatic N) is 2. The van der Waals surface area contributed by atoms with E-state index in [0.29, 0.717) is 18.0 Å². The molecule has 0 fully saturated rings. The van der Waals surface area contributed by atoms with E-state index in [4.69, 9.17) is 14.7 Å². The van der Waals surface area contributed by atoms with Gasteiger partial charge in [0.25, 0.3) is 0 Å². The highest BCUT2D eigenvalue weighted by Gasteiger charge is 2.12. The van der Waals surface area contributed by atoms with Crippen LogP contribution in [0, 0.1) is 11.3 Å². The molecular weight excluding hydrogens is 220 g/mol. The molecule has 90 valence electrons. The van der Waals surface area contributed by atoms with Crippen molar-refractivity contribution in [2.45, 2.75) is 6.54 Å². The third-order valence-electron chi connectivity index (χ3n) is 2.34. The smallest absolute Gasteiger partial charge is 0.325 e. The number of hydrogen-bond donors (Lipinski definition) is 0. The zero-order chi connectivity index (χ0) is 12.8. The summed E-state index contributed by atoms with van der Waals surface area (Å²) in [6.45, 7) is 0.298. The van der Waals surface area contributed by atoms with E-state index >= 15 is 0 Å². The van der Waals surface area contributed by atoms with E-state index in [2.05, 4.69) is 0 Å². The van der Waals surface area contributed by atoms with Gasteiger partial charge in [-0.3, -0.25) is 4.79 Å². The van der Waals surface area contributed by atoms with Crippen molar-refractivity contribution in [3.8, 4) is 17.6 Å². The lowest BCUT2D eigenvalue weighted by Gasteiger charge is -2.16.